The van der Waals surface area contributed by atoms with Gasteiger partial charge in [0.1, 0.15) is 4.88 Å². The second-order valence-electron chi connectivity index (χ2n) is 7.23. The van der Waals surface area contributed by atoms with Gasteiger partial charge in [0, 0.05) is 37.0 Å². The smallest absolute Gasteiger partial charge is 0.337 e. The summed E-state index contributed by atoms with van der Waals surface area (Å²) in [5, 5.41) is 0. The van der Waals surface area contributed by atoms with Gasteiger partial charge in [0.2, 0.25) is 0 Å². The van der Waals surface area contributed by atoms with E-state index in [9.17, 15) is 18.0 Å². The predicted molar refractivity (Wildman–Crippen MR) is 107 cm³/mol. The maximum atomic E-state index is 13.2. The minimum Gasteiger partial charge on any atom is -0.337 e. The van der Waals surface area contributed by atoms with Crippen LogP contribution in [0.15, 0.2) is 42.2 Å². The number of hydrogen-bond donors (Lipinski definition) is 0. The molecule has 1 amide bonds. The third-order valence-corrected chi connectivity index (χ3v) is 6.14. The Labute approximate surface area is 175 Å². The third kappa shape index (κ3) is 4.07. The zero-order chi connectivity index (χ0) is 21.3. The number of carbonyl (C=O) groups is 1. The van der Waals surface area contributed by atoms with Gasteiger partial charge < -0.3 is 4.90 Å². The van der Waals surface area contributed by atoms with Gasteiger partial charge in [-0.05, 0) is 31.9 Å². The Bertz CT molecular complexity index is 1070. The molecule has 0 spiro atoms. The van der Waals surface area contributed by atoms with Gasteiger partial charge in [-0.1, -0.05) is 12.1 Å². The van der Waals surface area contributed by atoms with E-state index in [1.165, 1.54) is 23.6 Å². The number of hydrogen-bond acceptors (Lipinski definition) is 5. The van der Waals surface area contributed by atoms with E-state index in [0.717, 1.165) is 25.0 Å². The van der Waals surface area contributed by atoms with E-state index in [2.05, 4.69) is 15.0 Å². The average molecular weight is 432 g/mol. The predicted octanol–water partition coefficient (Wildman–Crippen LogP) is 4.95. The molecule has 1 aliphatic heterocycles. The molecule has 0 N–H and O–H groups in total. The van der Waals surface area contributed by atoms with Crippen LogP contribution in [0.1, 0.15) is 45.4 Å². The van der Waals surface area contributed by atoms with Crippen molar-refractivity contribution in [3.8, 4) is 11.3 Å². The molecule has 1 aliphatic rings. The van der Waals surface area contributed by atoms with Crippen molar-refractivity contribution in [1.29, 1.82) is 0 Å². The highest BCUT2D eigenvalue weighted by Gasteiger charge is 2.32. The van der Waals surface area contributed by atoms with Crippen LogP contribution in [0, 0.1) is 6.92 Å². The molecule has 0 radical (unpaired) electrons. The summed E-state index contributed by atoms with van der Waals surface area (Å²) in [6.45, 7) is 2.88. The van der Waals surface area contributed by atoms with Gasteiger partial charge in [-0.15, -0.1) is 11.3 Å². The Morgan fingerprint density at radius 2 is 2.00 bits per heavy atom. The van der Waals surface area contributed by atoms with Gasteiger partial charge in [-0.25, -0.2) is 4.98 Å². The molecule has 1 fully saturated rings. The van der Waals surface area contributed by atoms with Gasteiger partial charge in [-0.2, -0.15) is 13.2 Å². The lowest BCUT2D eigenvalue weighted by Crippen LogP contribution is -2.39. The number of piperidine rings is 1. The second kappa shape index (κ2) is 8.14. The first-order valence-electron chi connectivity index (χ1n) is 9.52. The van der Waals surface area contributed by atoms with Crippen LogP contribution in [0.4, 0.5) is 13.2 Å². The molecule has 3 aromatic rings. The Kier molecular flexibility index (Phi) is 5.55. The number of carbonyl (C=O) groups excluding carboxylic acids is 1. The molecule has 3 heterocycles. The van der Waals surface area contributed by atoms with E-state index >= 15 is 0 Å². The third-order valence-electron chi connectivity index (χ3n) is 5.22. The van der Waals surface area contributed by atoms with Gasteiger partial charge >= 0.3 is 6.18 Å². The van der Waals surface area contributed by atoms with Crippen molar-refractivity contribution in [2.45, 2.75) is 31.9 Å². The lowest BCUT2D eigenvalue weighted by atomic mass is 9.91. The van der Waals surface area contributed by atoms with Crippen molar-refractivity contribution in [2.75, 3.05) is 13.1 Å². The summed E-state index contributed by atoms with van der Waals surface area (Å²) in [5.41, 5.74) is 3.05. The highest BCUT2D eigenvalue weighted by atomic mass is 32.1. The van der Waals surface area contributed by atoms with Crippen LogP contribution in [-0.4, -0.2) is 38.8 Å². The van der Waals surface area contributed by atoms with Crippen LogP contribution in [-0.2, 0) is 6.18 Å². The molecular weight excluding hydrogens is 413 g/mol. The minimum absolute atomic E-state index is 0.0655. The number of alkyl halides is 3. The van der Waals surface area contributed by atoms with Crippen LogP contribution in [0.3, 0.4) is 0 Å². The summed E-state index contributed by atoms with van der Waals surface area (Å²) in [5.74, 6) is -0.168. The number of amides is 1. The summed E-state index contributed by atoms with van der Waals surface area (Å²) >= 11 is 1.32. The highest BCUT2D eigenvalue weighted by molar-refractivity contribution is 7.11. The Morgan fingerprint density at radius 3 is 2.73 bits per heavy atom. The minimum atomic E-state index is -4.43. The number of halogens is 3. The molecule has 0 aliphatic carbocycles. The molecular formula is C21H19F3N4OS. The summed E-state index contributed by atoms with van der Waals surface area (Å²) in [7, 11) is 0. The largest absolute Gasteiger partial charge is 0.416 e. The SMILES string of the molecule is Cc1ncsc1C(=O)N1CCC[C@@H](c2nccnc2-c2cccc(C(F)(F)F)c2)C1. The molecule has 9 heteroatoms. The van der Waals surface area contributed by atoms with Gasteiger partial charge in [0.05, 0.1) is 28.2 Å². The first-order chi connectivity index (χ1) is 14.3. The molecule has 2 aromatic heterocycles. The molecule has 1 saturated heterocycles. The maximum Gasteiger partial charge on any atom is 0.416 e. The Hall–Kier alpha value is -2.81. The topological polar surface area (TPSA) is 59.0 Å². The maximum absolute atomic E-state index is 13.2. The van der Waals surface area contributed by atoms with E-state index < -0.39 is 11.7 Å². The summed E-state index contributed by atoms with van der Waals surface area (Å²) in [4.78, 5) is 28.2. The highest BCUT2D eigenvalue weighted by Crippen LogP contribution is 2.35. The van der Waals surface area contributed by atoms with Crippen LogP contribution < -0.4 is 0 Å². The number of aryl methyl sites for hydroxylation is 1. The number of benzene rings is 1. The molecule has 0 saturated carbocycles. The van der Waals surface area contributed by atoms with Crippen molar-refractivity contribution < 1.29 is 18.0 Å². The standard InChI is InChI=1S/C21H19F3N4OS/c1-13-19(30-12-27-13)20(29)28-9-3-5-15(11-28)18-17(25-7-8-26-18)14-4-2-6-16(10-14)21(22,23)24/h2,4,6-8,10,12,15H,3,5,9,11H2,1H3/t15-/m1/s1. The summed E-state index contributed by atoms with van der Waals surface area (Å²) < 4.78 is 39.5. The molecule has 156 valence electrons. The van der Waals surface area contributed by atoms with Gasteiger partial charge in [0.15, 0.2) is 0 Å². The van der Waals surface area contributed by atoms with Crippen LogP contribution in [0.25, 0.3) is 11.3 Å². The lowest BCUT2D eigenvalue weighted by molar-refractivity contribution is -0.137. The van der Waals surface area contributed by atoms with Crippen molar-refractivity contribution in [3.63, 3.8) is 0 Å². The van der Waals surface area contributed by atoms with E-state index in [1.807, 2.05) is 0 Å². The number of thiazole rings is 1. The fourth-order valence-corrected chi connectivity index (χ4v) is 4.52. The number of rotatable bonds is 3. The fraction of sp³-hybridized carbons (Fsp3) is 0.333. The second-order valence-corrected chi connectivity index (χ2v) is 8.08. The molecule has 1 aromatic carbocycles. The first kappa shape index (κ1) is 20.5. The fourth-order valence-electron chi connectivity index (χ4n) is 3.75. The zero-order valence-electron chi connectivity index (χ0n) is 16.2. The first-order valence-corrected chi connectivity index (χ1v) is 10.4. The van der Waals surface area contributed by atoms with Crippen LogP contribution in [0.2, 0.25) is 0 Å². The van der Waals surface area contributed by atoms with Crippen molar-refractivity contribution >= 4 is 17.2 Å². The molecule has 30 heavy (non-hydrogen) atoms. The summed E-state index contributed by atoms with van der Waals surface area (Å²) in [6.07, 6.45) is 0.161. The van der Waals surface area contributed by atoms with Gasteiger partial charge in [0.25, 0.3) is 5.91 Å². The van der Waals surface area contributed by atoms with Crippen LogP contribution in [0.5, 0.6) is 0 Å². The summed E-state index contributed by atoms with van der Waals surface area (Å²) in [6, 6.07) is 5.12. The van der Waals surface area contributed by atoms with E-state index in [1.54, 1.807) is 29.6 Å². The van der Waals surface area contributed by atoms with Crippen LogP contribution >= 0.6 is 11.3 Å². The van der Waals surface area contributed by atoms with E-state index in [-0.39, 0.29) is 11.8 Å². The number of aromatic nitrogens is 3. The van der Waals surface area contributed by atoms with Crippen molar-refractivity contribution in [1.82, 2.24) is 19.9 Å². The molecule has 4 rings (SSSR count). The lowest BCUT2D eigenvalue weighted by Gasteiger charge is -2.33. The number of nitrogens with zero attached hydrogens (tertiary/aromatic N) is 4. The normalized spacial score (nSPS) is 17.2. The van der Waals surface area contributed by atoms with E-state index in [4.69, 9.17) is 0 Å². The number of likely N-dealkylation sites (tertiary alicyclic amines) is 1. The monoisotopic (exact) mass is 432 g/mol. The molecule has 0 unspecified atom stereocenters. The quantitative estimate of drug-likeness (QED) is 0.588. The van der Waals surface area contributed by atoms with E-state index in [0.29, 0.717) is 40.6 Å². The van der Waals surface area contributed by atoms with Gasteiger partial charge in [-0.3, -0.25) is 14.8 Å². The Morgan fingerprint density at radius 1 is 1.20 bits per heavy atom. The molecule has 1 atom stereocenters. The van der Waals surface area contributed by atoms with Crippen molar-refractivity contribution in [2.24, 2.45) is 0 Å². The zero-order valence-corrected chi connectivity index (χ0v) is 17.0. The molecule has 5 nitrogen and oxygen atoms in total. The molecule has 0 bridgehead atoms. The Balaban J connectivity index is 1.64. The van der Waals surface area contributed by atoms with Crippen molar-refractivity contribution in [3.05, 3.63) is 64.0 Å². The average Bonchev–Trinajstić information content (AvgIpc) is 3.18.